The molecule has 27 heavy (non-hydrogen) atoms. The molecule has 0 atom stereocenters. The number of hydrogen-bond acceptors (Lipinski definition) is 2. The van der Waals surface area contributed by atoms with Gasteiger partial charge in [-0.3, -0.25) is 0 Å². The summed E-state index contributed by atoms with van der Waals surface area (Å²) < 4.78 is 5.26. The van der Waals surface area contributed by atoms with Crippen molar-refractivity contribution in [3.63, 3.8) is 0 Å². The molecule has 0 heterocycles. The van der Waals surface area contributed by atoms with Crippen LogP contribution in [0.15, 0.2) is 104 Å². The van der Waals surface area contributed by atoms with Crippen LogP contribution in [0.2, 0.25) is 6.04 Å². The third-order valence-corrected chi connectivity index (χ3v) is 9.97. The number of hydrogen-bond donors (Lipinski definition) is 0. The number of rotatable bonds is 8. The van der Waals surface area contributed by atoms with Crippen LogP contribution in [-0.4, -0.2) is 20.7 Å². The Morgan fingerprint density at radius 1 is 0.778 bits per heavy atom. The van der Waals surface area contributed by atoms with E-state index in [0.717, 1.165) is 12.5 Å². The highest BCUT2D eigenvalue weighted by molar-refractivity contribution is 7.11. The second kappa shape index (κ2) is 9.15. The average molecular weight is 373 g/mol. The Labute approximate surface area is 162 Å². The van der Waals surface area contributed by atoms with Crippen molar-refractivity contribution in [3.8, 4) is 0 Å². The van der Waals surface area contributed by atoms with E-state index in [9.17, 15) is 4.79 Å². The first-order valence-electron chi connectivity index (χ1n) is 9.23. The van der Waals surface area contributed by atoms with Gasteiger partial charge in [-0.25, -0.2) is 4.79 Å². The third kappa shape index (κ3) is 4.26. The highest BCUT2D eigenvalue weighted by atomic mass is 28.3. The molecule has 0 fully saturated rings. The van der Waals surface area contributed by atoms with E-state index < -0.39 is 8.07 Å². The van der Waals surface area contributed by atoms with Crippen LogP contribution in [-0.2, 0) is 9.53 Å². The molecule has 0 unspecified atom stereocenters. The third-order valence-electron chi connectivity index (χ3n) is 4.91. The van der Waals surface area contributed by atoms with Crippen molar-refractivity contribution in [2.24, 2.45) is 0 Å². The summed E-state index contributed by atoms with van der Waals surface area (Å²) in [5.74, 6) is -0.360. The quantitative estimate of drug-likeness (QED) is 0.199. The zero-order valence-corrected chi connectivity index (χ0v) is 16.4. The molecular formula is C24H24O2Si. The van der Waals surface area contributed by atoms with Crippen molar-refractivity contribution in [2.45, 2.75) is 12.5 Å². The highest BCUT2D eigenvalue weighted by Gasteiger charge is 2.38. The van der Waals surface area contributed by atoms with Gasteiger partial charge in [-0.15, -0.1) is 0 Å². The smallest absolute Gasteiger partial charge is 0.330 e. The number of benzene rings is 3. The molecule has 0 aromatic heterocycles. The molecular weight excluding hydrogens is 348 g/mol. The Morgan fingerprint density at radius 2 is 1.19 bits per heavy atom. The lowest BCUT2D eigenvalue weighted by atomic mass is 10.3. The maximum Gasteiger partial charge on any atom is 0.330 e. The number of esters is 1. The maximum absolute atomic E-state index is 11.4. The Kier molecular flexibility index (Phi) is 6.39. The fourth-order valence-electron chi connectivity index (χ4n) is 3.67. The molecule has 0 N–H and O–H groups in total. The highest BCUT2D eigenvalue weighted by Crippen LogP contribution is 2.15. The minimum atomic E-state index is -2.22. The molecule has 136 valence electrons. The summed E-state index contributed by atoms with van der Waals surface area (Å²) in [5.41, 5.74) is 0. The van der Waals surface area contributed by atoms with E-state index in [2.05, 4.69) is 97.6 Å². The second-order valence-electron chi connectivity index (χ2n) is 6.48. The maximum atomic E-state index is 11.4. The van der Waals surface area contributed by atoms with Gasteiger partial charge in [0.25, 0.3) is 0 Å². The van der Waals surface area contributed by atoms with Gasteiger partial charge in [-0.1, -0.05) is 97.6 Å². The molecule has 0 aliphatic rings. The molecule has 0 aliphatic heterocycles. The van der Waals surface area contributed by atoms with Gasteiger partial charge < -0.3 is 4.74 Å². The zero-order chi connectivity index (χ0) is 19.0. The molecule has 3 aromatic rings. The van der Waals surface area contributed by atoms with Crippen molar-refractivity contribution in [1.29, 1.82) is 0 Å². The topological polar surface area (TPSA) is 26.3 Å². The van der Waals surface area contributed by atoms with E-state index in [0.29, 0.717) is 6.61 Å². The number of carbonyl (C=O) groups excluding carboxylic acids is 1. The summed E-state index contributed by atoms with van der Waals surface area (Å²) in [7, 11) is -2.22. The van der Waals surface area contributed by atoms with Crippen molar-refractivity contribution in [3.05, 3.63) is 104 Å². The van der Waals surface area contributed by atoms with E-state index in [1.165, 1.54) is 21.6 Å². The Bertz CT molecular complexity index is 764. The van der Waals surface area contributed by atoms with Crippen LogP contribution in [0.1, 0.15) is 6.42 Å². The summed E-state index contributed by atoms with van der Waals surface area (Å²) >= 11 is 0. The Morgan fingerprint density at radius 3 is 1.56 bits per heavy atom. The summed E-state index contributed by atoms with van der Waals surface area (Å²) in [5, 5.41) is 4.12. The molecule has 0 spiro atoms. The molecule has 2 nitrogen and oxygen atoms in total. The minimum absolute atomic E-state index is 0.360. The minimum Gasteiger partial charge on any atom is -0.463 e. The second-order valence-corrected chi connectivity index (χ2v) is 10.5. The van der Waals surface area contributed by atoms with E-state index in [-0.39, 0.29) is 5.97 Å². The van der Waals surface area contributed by atoms with Crippen LogP contribution >= 0.6 is 0 Å². The Balaban J connectivity index is 2.05. The van der Waals surface area contributed by atoms with Crippen molar-refractivity contribution in [2.75, 3.05) is 6.61 Å². The normalized spacial score (nSPS) is 11.0. The van der Waals surface area contributed by atoms with Gasteiger partial charge in [0.2, 0.25) is 0 Å². The predicted molar refractivity (Wildman–Crippen MR) is 115 cm³/mol. The van der Waals surface area contributed by atoms with Crippen LogP contribution in [0.3, 0.4) is 0 Å². The molecule has 0 aliphatic carbocycles. The van der Waals surface area contributed by atoms with E-state index in [4.69, 9.17) is 4.74 Å². The number of ether oxygens (including phenoxy) is 1. The first kappa shape index (κ1) is 18.9. The average Bonchev–Trinajstić information content (AvgIpc) is 2.75. The summed E-state index contributed by atoms with van der Waals surface area (Å²) in [4.78, 5) is 11.4. The fourth-order valence-corrected chi connectivity index (χ4v) is 8.50. The molecule has 3 aromatic carbocycles. The van der Waals surface area contributed by atoms with Gasteiger partial charge in [0.15, 0.2) is 0 Å². The monoisotopic (exact) mass is 372 g/mol. The lowest BCUT2D eigenvalue weighted by Crippen LogP contribution is -2.67. The van der Waals surface area contributed by atoms with Gasteiger partial charge in [0.05, 0.1) is 6.61 Å². The van der Waals surface area contributed by atoms with Crippen LogP contribution < -0.4 is 15.6 Å². The molecule has 0 amide bonds. The lowest BCUT2D eigenvalue weighted by Gasteiger charge is -2.34. The first-order chi connectivity index (χ1) is 13.3. The van der Waals surface area contributed by atoms with Crippen LogP contribution in [0.5, 0.6) is 0 Å². The number of carbonyl (C=O) groups is 1. The van der Waals surface area contributed by atoms with Gasteiger partial charge >= 0.3 is 5.97 Å². The largest absolute Gasteiger partial charge is 0.463 e. The van der Waals surface area contributed by atoms with Crippen LogP contribution in [0.25, 0.3) is 0 Å². The fraction of sp³-hybridized carbons (Fsp3) is 0.125. The van der Waals surface area contributed by atoms with Gasteiger partial charge in [-0.05, 0) is 28.0 Å². The molecule has 0 bridgehead atoms. The van der Waals surface area contributed by atoms with Gasteiger partial charge in [-0.2, -0.15) is 0 Å². The predicted octanol–water partition coefficient (Wildman–Crippen LogP) is 3.28. The van der Waals surface area contributed by atoms with Crippen molar-refractivity contribution in [1.82, 2.24) is 0 Å². The zero-order valence-electron chi connectivity index (χ0n) is 15.4. The van der Waals surface area contributed by atoms with Crippen LogP contribution in [0.4, 0.5) is 0 Å². The SMILES string of the molecule is C=CC(=O)OCCC[Si](c1ccccc1)(c1ccccc1)c1ccccc1. The molecule has 3 rings (SSSR count). The first-order valence-corrected chi connectivity index (χ1v) is 11.4. The Hall–Kier alpha value is -2.91. The standard InChI is InChI=1S/C24H24O2Si/c1-2-24(25)26-19-12-20-27(21-13-6-3-7-14-21,22-15-8-4-9-16-22)23-17-10-5-11-18-23/h2-11,13-18H,1,12,19-20H2. The van der Waals surface area contributed by atoms with E-state index in [1.807, 2.05) is 0 Å². The van der Waals surface area contributed by atoms with Crippen molar-refractivity contribution >= 4 is 29.6 Å². The molecule has 0 saturated carbocycles. The van der Waals surface area contributed by atoms with E-state index >= 15 is 0 Å². The van der Waals surface area contributed by atoms with Gasteiger partial charge in [0.1, 0.15) is 8.07 Å². The summed E-state index contributed by atoms with van der Waals surface area (Å²) in [6.07, 6.45) is 2.03. The van der Waals surface area contributed by atoms with Gasteiger partial charge in [0, 0.05) is 6.08 Å². The molecule has 0 saturated heterocycles. The lowest BCUT2D eigenvalue weighted by molar-refractivity contribution is -0.137. The van der Waals surface area contributed by atoms with Crippen molar-refractivity contribution < 1.29 is 9.53 Å². The summed E-state index contributed by atoms with van der Waals surface area (Å²) in [6.45, 7) is 3.87. The summed E-state index contributed by atoms with van der Waals surface area (Å²) in [6, 6.07) is 33.2. The molecule has 0 radical (unpaired) electrons. The molecule has 3 heteroatoms. The van der Waals surface area contributed by atoms with Crippen LogP contribution in [0, 0.1) is 0 Å². The van der Waals surface area contributed by atoms with E-state index in [1.54, 1.807) is 0 Å².